The fraction of sp³-hybridized carbons (Fsp3) is 0.0588. The molecule has 3 nitrogen and oxygen atoms in total. The highest BCUT2D eigenvalue weighted by Gasteiger charge is 2.03. The first-order valence-electron chi connectivity index (χ1n) is 6.53. The minimum absolute atomic E-state index is 0.585. The number of pyridine rings is 1. The number of halogens is 1. The number of rotatable bonds is 3. The fourth-order valence-corrected chi connectivity index (χ4v) is 2.36. The number of anilines is 1. The molecular formula is C17H12ClN3. The third kappa shape index (κ3) is 2.96. The van der Waals surface area contributed by atoms with Crippen molar-refractivity contribution in [3.05, 3.63) is 70.9 Å². The highest BCUT2D eigenvalue weighted by molar-refractivity contribution is 6.30. The molecular weight excluding hydrogens is 282 g/mol. The smallest absolute Gasteiger partial charge is 0.101 e. The van der Waals surface area contributed by atoms with Crippen LogP contribution >= 0.6 is 11.6 Å². The number of fused-ring (bicyclic) bond motifs is 1. The van der Waals surface area contributed by atoms with Gasteiger partial charge < -0.3 is 5.32 Å². The molecule has 0 aliphatic rings. The molecule has 3 rings (SSSR count). The Bertz CT molecular complexity index is 837. The van der Waals surface area contributed by atoms with Gasteiger partial charge in [-0.15, -0.1) is 0 Å². The molecule has 0 radical (unpaired) electrons. The molecule has 102 valence electrons. The van der Waals surface area contributed by atoms with Crippen molar-refractivity contribution < 1.29 is 0 Å². The van der Waals surface area contributed by atoms with Gasteiger partial charge in [-0.05, 0) is 42.0 Å². The second-order valence-corrected chi connectivity index (χ2v) is 5.12. The lowest BCUT2D eigenvalue weighted by Crippen LogP contribution is -2.01. The van der Waals surface area contributed by atoms with Gasteiger partial charge in [0.2, 0.25) is 0 Å². The van der Waals surface area contributed by atoms with Gasteiger partial charge in [-0.3, -0.25) is 4.98 Å². The molecule has 0 aliphatic carbocycles. The first kappa shape index (κ1) is 13.4. The summed E-state index contributed by atoms with van der Waals surface area (Å²) in [5, 5.41) is 14.1. The van der Waals surface area contributed by atoms with E-state index in [2.05, 4.69) is 22.4 Å². The summed E-state index contributed by atoms with van der Waals surface area (Å²) in [6.07, 6.45) is 1.78. The van der Waals surface area contributed by atoms with Gasteiger partial charge in [-0.2, -0.15) is 5.26 Å². The Morgan fingerprint density at radius 3 is 2.90 bits per heavy atom. The number of benzene rings is 2. The SMILES string of the molecule is N#Cc1ccc(Cl)cc1NCc1ccc2ncccc2c1. The van der Waals surface area contributed by atoms with Gasteiger partial charge in [0.25, 0.3) is 0 Å². The normalized spacial score (nSPS) is 10.3. The molecule has 3 aromatic rings. The largest absolute Gasteiger partial charge is 0.380 e. The summed E-state index contributed by atoms with van der Waals surface area (Å²) >= 11 is 5.98. The molecule has 1 aromatic heterocycles. The van der Waals surface area contributed by atoms with Crippen LogP contribution < -0.4 is 5.32 Å². The van der Waals surface area contributed by atoms with E-state index in [4.69, 9.17) is 16.9 Å². The molecule has 21 heavy (non-hydrogen) atoms. The maximum atomic E-state index is 9.11. The number of hydrogen-bond donors (Lipinski definition) is 1. The monoisotopic (exact) mass is 293 g/mol. The van der Waals surface area contributed by atoms with Crippen molar-refractivity contribution >= 4 is 28.2 Å². The zero-order valence-corrected chi connectivity index (χ0v) is 11.9. The van der Waals surface area contributed by atoms with Crippen molar-refractivity contribution in [3.8, 4) is 6.07 Å². The van der Waals surface area contributed by atoms with Crippen LogP contribution in [0.1, 0.15) is 11.1 Å². The summed E-state index contributed by atoms with van der Waals surface area (Å²) in [6.45, 7) is 0.625. The molecule has 0 saturated carbocycles. The highest BCUT2D eigenvalue weighted by atomic mass is 35.5. The van der Waals surface area contributed by atoms with Crippen LogP contribution in [0.3, 0.4) is 0 Å². The number of nitrogens with one attached hydrogen (secondary N) is 1. The minimum atomic E-state index is 0.585. The Labute approximate surface area is 127 Å². The minimum Gasteiger partial charge on any atom is -0.380 e. The Morgan fingerprint density at radius 2 is 2.05 bits per heavy atom. The molecule has 0 atom stereocenters. The lowest BCUT2D eigenvalue weighted by Gasteiger charge is -2.09. The summed E-state index contributed by atoms with van der Waals surface area (Å²) in [6, 6.07) is 17.4. The zero-order valence-electron chi connectivity index (χ0n) is 11.2. The molecule has 0 aliphatic heterocycles. The number of nitriles is 1. The molecule has 4 heteroatoms. The van der Waals surface area contributed by atoms with Crippen LogP contribution in [-0.4, -0.2) is 4.98 Å². The lowest BCUT2D eigenvalue weighted by molar-refractivity contribution is 1.15. The van der Waals surface area contributed by atoms with Crippen LogP contribution in [-0.2, 0) is 6.54 Å². The van der Waals surface area contributed by atoms with Crippen molar-refractivity contribution in [2.24, 2.45) is 0 Å². The predicted molar refractivity (Wildman–Crippen MR) is 85.2 cm³/mol. The Hall–Kier alpha value is -2.57. The van der Waals surface area contributed by atoms with Crippen LogP contribution in [0.5, 0.6) is 0 Å². The number of hydrogen-bond acceptors (Lipinski definition) is 3. The van der Waals surface area contributed by atoms with Gasteiger partial charge in [0, 0.05) is 23.2 Å². The van der Waals surface area contributed by atoms with Gasteiger partial charge in [0.05, 0.1) is 16.8 Å². The summed E-state index contributed by atoms with van der Waals surface area (Å²) < 4.78 is 0. The number of aromatic nitrogens is 1. The van der Waals surface area contributed by atoms with Crippen molar-refractivity contribution in [2.75, 3.05) is 5.32 Å². The van der Waals surface area contributed by atoms with E-state index in [9.17, 15) is 0 Å². The molecule has 0 amide bonds. The van der Waals surface area contributed by atoms with Gasteiger partial charge >= 0.3 is 0 Å². The van der Waals surface area contributed by atoms with Crippen molar-refractivity contribution in [1.29, 1.82) is 5.26 Å². The molecule has 0 unspecified atom stereocenters. The quantitative estimate of drug-likeness (QED) is 0.780. The van der Waals surface area contributed by atoms with Crippen LogP contribution in [0.25, 0.3) is 10.9 Å². The highest BCUT2D eigenvalue weighted by Crippen LogP contribution is 2.21. The number of nitrogens with zero attached hydrogens (tertiary/aromatic N) is 2. The van der Waals surface area contributed by atoms with Gasteiger partial charge in [-0.1, -0.05) is 23.7 Å². The summed E-state index contributed by atoms with van der Waals surface area (Å²) in [5.74, 6) is 0. The van der Waals surface area contributed by atoms with Crippen molar-refractivity contribution in [2.45, 2.75) is 6.54 Å². The van der Waals surface area contributed by atoms with Gasteiger partial charge in [-0.25, -0.2) is 0 Å². The van der Waals surface area contributed by atoms with Crippen LogP contribution in [0, 0.1) is 11.3 Å². The van der Waals surface area contributed by atoms with Crippen LogP contribution in [0.4, 0.5) is 5.69 Å². The zero-order chi connectivity index (χ0) is 14.7. The standard InChI is InChI=1S/C17H12ClN3/c18-15-5-4-14(10-19)17(9-15)21-11-12-3-6-16-13(8-12)2-1-7-20-16/h1-9,21H,11H2. The molecule has 1 N–H and O–H groups in total. The molecule has 1 heterocycles. The summed E-state index contributed by atoms with van der Waals surface area (Å²) in [5.41, 5.74) is 3.43. The third-order valence-corrected chi connectivity index (χ3v) is 3.49. The van der Waals surface area contributed by atoms with E-state index in [1.165, 1.54) is 0 Å². The van der Waals surface area contributed by atoms with E-state index in [-0.39, 0.29) is 0 Å². The van der Waals surface area contributed by atoms with Gasteiger partial charge in [0.1, 0.15) is 6.07 Å². The summed E-state index contributed by atoms with van der Waals surface area (Å²) in [4.78, 5) is 4.30. The second kappa shape index (κ2) is 5.82. The molecule has 0 bridgehead atoms. The van der Waals surface area contributed by atoms with E-state index in [0.717, 1.165) is 22.2 Å². The topological polar surface area (TPSA) is 48.7 Å². The lowest BCUT2D eigenvalue weighted by atomic mass is 10.1. The fourth-order valence-electron chi connectivity index (χ4n) is 2.19. The average Bonchev–Trinajstić information content (AvgIpc) is 2.53. The van der Waals surface area contributed by atoms with Crippen molar-refractivity contribution in [3.63, 3.8) is 0 Å². The first-order chi connectivity index (χ1) is 10.3. The van der Waals surface area contributed by atoms with Crippen molar-refractivity contribution in [1.82, 2.24) is 4.98 Å². The molecule has 0 fully saturated rings. The second-order valence-electron chi connectivity index (χ2n) is 4.69. The van der Waals surface area contributed by atoms with Crippen LogP contribution in [0.2, 0.25) is 5.02 Å². The third-order valence-electron chi connectivity index (χ3n) is 3.25. The molecule has 2 aromatic carbocycles. The Kier molecular flexibility index (Phi) is 3.72. The maximum absolute atomic E-state index is 9.11. The van der Waals surface area contributed by atoms with E-state index in [1.54, 1.807) is 24.4 Å². The molecule has 0 spiro atoms. The Balaban J connectivity index is 1.83. The van der Waals surface area contributed by atoms with E-state index in [0.29, 0.717) is 17.1 Å². The summed E-state index contributed by atoms with van der Waals surface area (Å²) in [7, 11) is 0. The van der Waals surface area contributed by atoms with Crippen LogP contribution in [0.15, 0.2) is 54.7 Å². The van der Waals surface area contributed by atoms with Gasteiger partial charge in [0.15, 0.2) is 0 Å². The molecule has 0 saturated heterocycles. The Morgan fingerprint density at radius 1 is 1.14 bits per heavy atom. The first-order valence-corrected chi connectivity index (χ1v) is 6.91. The van der Waals surface area contributed by atoms with E-state index in [1.807, 2.05) is 24.3 Å². The van der Waals surface area contributed by atoms with E-state index >= 15 is 0 Å². The van der Waals surface area contributed by atoms with E-state index < -0.39 is 0 Å². The predicted octanol–water partition coefficient (Wildman–Crippen LogP) is 4.37. The average molecular weight is 294 g/mol. The maximum Gasteiger partial charge on any atom is 0.101 e.